The first-order valence-electron chi connectivity index (χ1n) is 9.52. The molecule has 0 amide bonds. The zero-order chi connectivity index (χ0) is 18.4. The minimum Gasteiger partial charge on any atom is -0.496 e. The largest absolute Gasteiger partial charge is 0.496 e. The number of pyridine rings is 1. The molecule has 0 spiro atoms. The van der Waals surface area contributed by atoms with Crippen molar-refractivity contribution in [2.75, 3.05) is 20.2 Å². The van der Waals surface area contributed by atoms with Gasteiger partial charge in [-0.2, -0.15) is 0 Å². The van der Waals surface area contributed by atoms with E-state index in [-0.39, 0.29) is 0 Å². The molecule has 5 rings (SSSR count). The highest BCUT2D eigenvalue weighted by Crippen LogP contribution is 2.35. The minimum atomic E-state index is 0.705. The van der Waals surface area contributed by atoms with E-state index < -0.39 is 0 Å². The van der Waals surface area contributed by atoms with E-state index in [1.807, 2.05) is 24.4 Å². The Labute approximate surface area is 163 Å². The quantitative estimate of drug-likeness (QED) is 0.509. The van der Waals surface area contributed by atoms with Crippen LogP contribution in [0.25, 0.3) is 32.7 Å². The van der Waals surface area contributed by atoms with Crippen molar-refractivity contribution in [1.29, 1.82) is 0 Å². The van der Waals surface area contributed by atoms with Crippen molar-refractivity contribution in [2.24, 2.45) is 0 Å². The highest BCUT2D eigenvalue weighted by atomic mass is 35.5. The average molecular weight is 380 g/mol. The van der Waals surface area contributed by atoms with E-state index in [1.54, 1.807) is 7.11 Å². The lowest BCUT2D eigenvalue weighted by Crippen LogP contribution is -2.29. The average Bonchev–Trinajstić information content (AvgIpc) is 3.05. The third-order valence-electron chi connectivity index (χ3n) is 5.64. The van der Waals surface area contributed by atoms with Gasteiger partial charge in [0.05, 0.1) is 18.1 Å². The fraction of sp³-hybridized carbons (Fsp3) is 0.318. The van der Waals surface area contributed by atoms with Crippen LogP contribution in [0.4, 0.5) is 0 Å². The van der Waals surface area contributed by atoms with Crippen molar-refractivity contribution >= 4 is 44.3 Å². The van der Waals surface area contributed by atoms with Crippen molar-refractivity contribution in [3.63, 3.8) is 0 Å². The Hall–Kier alpha value is -2.30. The van der Waals surface area contributed by atoms with Crippen LogP contribution in [0, 0.1) is 0 Å². The Bertz CT molecular complexity index is 1140. The summed E-state index contributed by atoms with van der Waals surface area (Å²) >= 11 is 6.13. The lowest BCUT2D eigenvalue weighted by molar-refractivity contribution is 0.218. The molecule has 0 atom stereocenters. The topological polar surface area (TPSA) is 41.1 Å². The Morgan fingerprint density at radius 2 is 1.93 bits per heavy atom. The maximum absolute atomic E-state index is 6.13. The fourth-order valence-corrected chi connectivity index (χ4v) is 4.43. The lowest BCUT2D eigenvalue weighted by Gasteiger charge is -2.27. The van der Waals surface area contributed by atoms with E-state index in [9.17, 15) is 0 Å². The summed E-state index contributed by atoms with van der Waals surface area (Å²) in [4.78, 5) is 10.7. The van der Waals surface area contributed by atoms with Gasteiger partial charge < -0.3 is 9.72 Å². The monoisotopic (exact) mass is 379 g/mol. The number of benzene rings is 2. The number of methoxy groups -OCH3 is 1. The molecule has 27 heavy (non-hydrogen) atoms. The number of nitrogens with one attached hydrogen (secondary N) is 1. The van der Waals surface area contributed by atoms with Gasteiger partial charge in [0.15, 0.2) is 0 Å². The number of rotatable bonds is 3. The molecule has 1 N–H and O–H groups in total. The first-order chi connectivity index (χ1) is 13.2. The van der Waals surface area contributed by atoms with Crippen LogP contribution in [-0.2, 0) is 6.54 Å². The summed E-state index contributed by atoms with van der Waals surface area (Å²) in [6, 6.07) is 10.2. The number of nitrogens with zero attached hydrogens (tertiary/aromatic N) is 2. The van der Waals surface area contributed by atoms with E-state index in [2.05, 4.69) is 27.0 Å². The first kappa shape index (κ1) is 16.8. The van der Waals surface area contributed by atoms with Gasteiger partial charge in [0, 0.05) is 45.0 Å². The second-order valence-corrected chi connectivity index (χ2v) is 7.82. The van der Waals surface area contributed by atoms with Crippen LogP contribution in [-0.4, -0.2) is 35.1 Å². The smallest absolute Gasteiger partial charge is 0.124 e. The molecule has 138 valence electrons. The summed E-state index contributed by atoms with van der Waals surface area (Å²) in [7, 11) is 1.76. The molecule has 0 saturated carbocycles. The molecule has 4 aromatic rings. The number of likely N-dealkylation sites (tertiary alicyclic amines) is 1. The van der Waals surface area contributed by atoms with E-state index in [0.717, 1.165) is 45.0 Å². The summed E-state index contributed by atoms with van der Waals surface area (Å²) < 4.78 is 5.74. The zero-order valence-electron chi connectivity index (χ0n) is 15.4. The van der Waals surface area contributed by atoms with Crippen molar-refractivity contribution in [2.45, 2.75) is 25.8 Å². The predicted octanol–water partition coefficient (Wildman–Crippen LogP) is 5.52. The zero-order valence-corrected chi connectivity index (χ0v) is 16.1. The number of ether oxygens (including phenoxy) is 1. The van der Waals surface area contributed by atoms with Gasteiger partial charge in [0.2, 0.25) is 0 Å². The highest BCUT2D eigenvalue weighted by Gasteiger charge is 2.16. The minimum absolute atomic E-state index is 0.705. The van der Waals surface area contributed by atoms with Gasteiger partial charge in [-0.1, -0.05) is 18.0 Å². The first-order valence-corrected chi connectivity index (χ1v) is 9.89. The molecule has 3 heterocycles. The maximum atomic E-state index is 6.13. The van der Waals surface area contributed by atoms with E-state index in [0.29, 0.717) is 5.02 Å². The molecule has 0 unspecified atom stereocenters. The van der Waals surface area contributed by atoms with Crippen LogP contribution < -0.4 is 4.74 Å². The van der Waals surface area contributed by atoms with Gasteiger partial charge in [-0.25, -0.2) is 0 Å². The Morgan fingerprint density at radius 3 is 2.74 bits per heavy atom. The van der Waals surface area contributed by atoms with Crippen molar-refractivity contribution in [3.05, 3.63) is 47.1 Å². The number of aromatic nitrogens is 2. The molecule has 4 nitrogen and oxygen atoms in total. The second kappa shape index (κ2) is 6.70. The summed E-state index contributed by atoms with van der Waals surface area (Å²) in [6.07, 6.45) is 5.85. The molecule has 2 aromatic heterocycles. The summed E-state index contributed by atoms with van der Waals surface area (Å²) in [6.45, 7) is 3.27. The van der Waals surface area contributed by atoms with Crippen LogP contribution in [0.5, 0.6) is 5.75 Å². The van der Waals surface area contributed by atoms with Crippen LogP contribution in [0.2, 0.25) is 5.02 Å². The summed E-state index contributed by atoms with van der Waals surface area (Å²) in [5.74, 6) is 0.949. The number of halogens is 1. The summed E-state index contributed by atoms with van der Waals surface area (Å²) in [5, 5.41) is 4.05. The number of fused-ring (bicyclic) bond motifs is 5. The molecule has 1 aliphatic heterocycles. The van der Waals surface area contributed by atoms with E-state index >= 15 is 0 Å². The Balaban J connectivity index is 1.67. The normalized spacial score (nSPS) is 15.8. The molecule has 1 saturated heterocycles. The highest BCUT2D eigenvalue weighted by molar-refractivity contribution is 6.31. The number of hydrogen-bond donors (Lipinski definition) is 1. The predicted molar refractivity (Wildman–Crippen MR) is 112 cm³/mol. The second-order valence-electron chi connectivity index (χ2n) is 7.38. The molecule has 1 fully saturated rings. The van der Waals surface area contributed by atoms with E-state index in [1.165, 1.54) is 37.9 Å². The number of aromatic amines is 1. The van der Waals surface area contributed by atoms with Crippen molar-refractivity contribution in [3.8, 4) is 5.75 Å². The van der Waals surface area contributed by atoms with Crippen LogP contribution in [0.15, 0.2) is 36.5 Å². The SMILES string of the molecule is COc1cc2c(cc1CN1CCCCC1)[nH]c1c3ccc(Cl)cc3ncc21. The van der Waals surface area contributed by atoms with Crippen molar-refractivity contribution < 1.29 is 4.74 Å². The molecule has 5 heteroatoms. The Kier molecular flexibility index (Phi) is 4.18. The number of H-pyrrole nitrogens is 1. The van der Waals surface area contributed by atoms with Gasteiger partial charge in [-0.05, 0) is 56.3 Å². The Morgan fingerprint density at radius 1 is 1.07 bits per heavy atom. The molecular weight excluding hydrogens is 358 g/mol. The van der Waals surface area contributed by atoms with Crippen LogP contribution in [0.1, 0.15) is 24.8 Å². The maximum Gasteiger partial charge on any atom is 0.124 e. The lowest BCUT2D eigenvalue weighted by atomic mass is 10.1. The van der Waals surface area contributed by atoms with Gasteiger partial charge in [0.25, 0.3) is 0 Å². The summed E-state index contributed by atoms with van der Waals surface area (Å²) in [5.41, 5.74) is 4.37. The fourth-order valence-electron chi connectivity index (χ4n) is 4.26. The van der Waals surface area contributed by atoms with Crippen LogP contribution >= 0.6 is 11.6 Å². The van der Waals surface area contributed by atoms with E-state index in [4.69, 9.17) is 16.3 Å². The van der Waals surface area contributed by atoms with Gasteiger partial charge >= 0.3 is 0 Å². The van der Waals surface area contributed by atoms with Gasteiger partial charge in [-0.3, -0.25) is 9.88 Å². The number of piperidine rings is 1. The molecule has 0 bridgehead atoms. The van der Waals surface area contributed by atoms with Gasteiger partial charge in [-0.15, -0.1) is 0 Å². The van der Waals surface area contributed by atoms with Crippen molar-refractivity contribution in [1.82, 2.24) is 14.9 Å². The molecule has 1 aliphatic rings. The standard InChI is InChI=1S/C22H22ClN3O/c1-27-21-11-17-18-12-24-19-10-15(23)5-6-16(19)22(18)25-20(17)9-14(21)13-26-7-3-2-4-8-26/h5-6,9-12,25H,2-4,7-8,13H2,1H3. The molecule has 2 aromatic carbocycles. The molecule has 0 aliphatic carbocycles. The number of hydrogen-bond acceptors (Lipinski definition) is 3. The third kappa shape index (κ3) is 2.93. The molecular formula is C22H22ClN3O. The molecule has 0 radical (unpaired) electrons. The third-order valence-corrected chi connectivity index (χ3v) is 5.88. The van der Waals surface area contributed by atoms with Crippen LogP contribution in [0.3, 0.4) is 0 Å². The van der Waals surface area contributed by atoms with Gasteiger partial charge in [0.1, 0.15) is 5.75 Å².